The minimum absolute atomic E-state index is 0.00938. The van der Waals surface area contributed by atoms with Gasteiger partial charge in [-0.05, 0) is 6.42 Å². The maximum absolute atomic E-state index is 11.4. The molecule has 90 valence electrons. The molecule has 0 saturated carbocycles. The minimum Gasteiger partial charge on any atom is -0.351 e. The number of carbonyl (C=O) groups excluding carboxylic acids is 3. The van der Waals surface area contributed by atoms with Crippen LogP contribution in [0.15, 0.2) is 0 Å². The summed E-state index contributed by atoms with van der Waals surface area (Å²) in [5, 5.41) is 2.01. The summed E-state index contributed by atoms with van der Waals surface area (Å²) in [7, 11) is 0. The number of hydrogen-bond acceptors (Lipinski definition) is 4. The molecule has 1 unspecified atom stereocenters. The predicted molar refractivity (Wildman–Crippen MR) is 57.6 cm³/mol. The molecule has 1 saturated heterocycles. The van der Waals surface area contributed by atoms with Gasteiger partial charge >= 0.3 is 6.03 Å². The molecule has 6 nitrogen and oxygen atoms in total. The Morgan fingerprint density at radius 1 is 1.56 bits per heavy atom. The van der Waals surface area contributed by atoms with Crippen molar-refractivity contribution < 1.29 is 14.4 Å². The zero-order chi connectivity index (χ0) is 12.1. The third kappa shape index (κ3) is 3.62. The average molecular weight is 227 g/mol. The van der Waals surface area contributed by atoms with Crippen molar-refractivity contribution in [1.29, 1.82) is 0 Å². The number of rotatable bonds is 3. The number of Topliss-reactive ketones (excluding diaryl/α,β-unsaturated/α-hetero) is 1. The Morgan fingerprint density at radius 3 is 2.81 bits per heavy atom. The number of ketones is 1. The van der Waals surface area contributed by atoms with Gasteiger partial charge in [-0.3, -0.25) is 19.8 Å². The molecule has 3 N–H and O–H groups in total. The summed E-state index contributed by atoms with van der Waals surface area (Å²) in [6.45, 7) is 3.23. The number of nitrogens with two attached hydrogens (primary N) is 1. The second-order valence-electron chi connectivity index (χ2n) is 3.97. The topological polar surface area (TPSA) is 92.5 Å². The fourth-order valence-electron chi connectivity index (χ4n) is 1.86. The molecule has 16 heavy (non-hydrogen) atoms. The van der Waals surface area contributed by atoms with Crippen molar-refractivity contribution in [3.05, 3.63) is 0 Å². The van der Waals surface area contributed by atoms with E-state index in [-0.39, 0.29) is 18.2 Å². The zero-order valence-corrected chi connectivity index (χ0v) is 9.36. The number of likely N-dealkylation sites (tertiary alicyclic amines) is 1. The number of amides is 3. The summed E-state index contributed by atoms with van der Waals surface area (Å²) in [6.07, 6.45) is 1.26. The van der Waals surface area contributed by atoms with Crippen LogP contribution < -0.4 is 11.1 Å². The smallest absolute Gasteiger partial charge is 0.318 e. The van der Waals surface area contributed by atoms with Crippen molar-refractivity contribution in [3.63, 3.8) is 0 Å². The Kier molecular flexibility index (Phi) is 4.42. The van der Waals surface area contributed by atoms with Crippen LogP contribution in [0.25, 0.3) is 0 Å². The first kappa shape index (κ1) is 12.6. The lowest BCUT2D eigenvalue weighted by molar-refractivity contribution is -0.129. The summed E-state index contributed by atoms with van der Waals surface area (Å²) in [6, 6.07) is -0.842. The number of primary amides is 1. The van der Waals surface area contributed by atoms with Gasteiger partial charge in [0.15, 0.2) is 0 Å². The first-order valence-electron chi connectivity index (χ1n) is 5.37. The van der Waals surface area contributed by atoms with Gasteiger partial charge in [0.25, 0.3) is 0 Å². The van der Waals surface area contributed by atoms with Crippen LogP contribution in [0.2, 0.25) is 0 Å². The van der Waals surface area contributed by atoms with Gasteiger partial charge in [-0.2, -0.15) is 0 Å². The van der Waals surface area contributed by atoms with E-state index in [1.165, 1.54) is 0 Å². The highest BCUT2D eigenvalue weighted by atomic mass is 16.2. The molecule has 0 radical (unpaired) electrons. The van der Waals surface area contributed by atoms with Gasteiger partial charge in [0.2, 0.25) is 5.91 Å². The number of carbonyl (C=O) groups is 3. The van der Waals surface area contributed by atoms with E-state index >= 15 is 0 Å². The Labute approximate surface area is 94.2 Å². The SMILES string of the molecule is CCC1CN(CC(=O)NC(N)=O)CCC1=O. The quantitative estimate of drug-likeness (QED) is 0.678. The molecule has 0 aromatic heterocycles. The maximum Gasteiger partial charge on any atom is 0.318 e. The number of imide groups is 1. The summed E-state index contributed by atoms with van der Waals surface area (Å²) in [5.74, 6) is -0.152. The fraction of sp³-hybridized carbons (Fsp3) is 0.700. The lowest BCUT2D eigenvalue weighted by Crippen LogP contribution is -2.47. The average Bonchev–Trinajstić information content (AvgIpc) is 2.19. The molecule has 0 bridgehead atoms. The summed E-state index contributed by atoms with van der Waals surface area (Å²) in [4.78, 5) is 35.0. The van der Waals surface area contributed by atoms with E-state index in [1.807, 2.05) is 17.1 Å². The molecule has 1 aliphatic heterocycles. The van der Waals surface area contributed by atoms with Crippen molar-refractivity contribution in [2.45, 2.75) is 19.8 Å². The number of hydrogen-bond donors (Lipinski definition) is 2. The van der Waals surface area contributed by atoms with Crippen LogP contribution in [-0.2, 0) is 9.59 Å². The molecule has 1 atom stereocenters. The second-order valence-corrected chi connectivity index (χ2v) is 3.97. The van der Waals surface area contributed by atoms with E-state index in [0.717, 1.165) is 6.42 Å². The molecule has 1 rings (SSSR count). The minimum atomic E-state index is -0.842. The third-order valence-corrected chi connectivity index (χ3v) is 2.73. The third-order valence-electron chi connectivity index (χ3n) is 2.73. The van der Waals surface area contributed by atoms with E-state index in [9.17, 15) is 14.4 Å². The van der Waals surface area contributed by atoms with Crippen LogP contribution in [0.5, 0.6) is 0 Å². The van der Waals surface area contributed by atoms with E-state index in [1.54, 1.807) is 0 Å². The largest absolute Gasteiger partial charge is 0.351 e. The molecule has 1 heterocycles. The molecule has 0 aliphatic carbocycles. The lowest BCUT2D eigenvalue weighted by Gasteiger charge is -2.30. The summed E-state index contributed by atoms with van der Waals surface area (Å²) < 4.78 is 0. The highest BCUT2D eigenvalue weighted by Gasteiger charge is 2.26. The molecule has 0 aromatic carbocycles. The van der Waals surface area contributed by atoms with Gasteiger partial charge in [0.1, 0.15) is 5.78 Å². The molecular weight excluding hydrogens is 210 g/mol. The molecule has 0 spiro atoms. The molecule has 3 amide bonds. The predicted octanol–water partition coefficient (Wildman–Crippen LogP) is -0.518. The van der Waals surface area contributed by atoms with Crippen molar-refractivity contribution in [1.82, 2.24) is 10.2 Å². The van der Waals surface area contributed by atoms with Crippen LogP contribution in [-0.4, -0.2) is 42.3 Å². The number of urea groups is 1. The Bertz CT molecular complexity index is 304. The number of piperidine rings is 1. The van der Waals surface area contributed by atoms with Crippen LogP contribution >= 0.6 is 0 Å². The van der Waals surface area contributed by atoms with Crippen molar-refractivity contribution in [2.75, 3.05) is 19.6 Å². The Hall–Kier alpha value is -1.43. The van der Waals surface area contributed by atoms with Gasteiger partial charge < -0.3 is 5.73 Å². The zero-order valence-electron chi connectivity index (χ0n) is 9.36. The first-order valence-corrected chi connectivity index (χ1v) is 5.37. The molecule has 1 fully saturated rings. The van der Waals surface area contributed by atoms with Crippen molar-refractivity contribution in [2.24, 2.45) is 11.7 Å². The molecule has 6 heteroatoms. The lowest BCUT2D eigenvalue weighted by atomic mass is 9.94. The standard InChI is InChI=1S/C10H17N3O3/c1-2-7-5-13(4-3-8(7)14)6-9(15)12-10(11)16/h7H,2-6H2,1H3,(H3,11,12,15,16). The van der Waals surface area contributed by atoms with E-state index < -0.39 is 11.9 Å². The summed E-state index contributed by atoms with van der Waals surface area (Å²) >= 11 is 0. The van der Waals surface area contributed by atoms with Crippen LogP contribution in [0.1, 0.15) is 19.8 Å². The van der Waals surface area contributed by atoms with E-state index in [2.05, 4.69) is 0 Å². The number of nitrogens with zero attached hydrogens (tertiary/aromatic N) is 1. The van der Waals surface area contributed by atoms with E-state index in [4.69, 9.17) is 5.73 Å². The van der Waals surface area contributed by atoms with Gasteiger partial charge in [-0.25, -0.2) is 4.79 Å². The highest BCUT2D eigenvalue weighted by Crippen LogP contribution is 2.15. The normalized spacial score (nSPS) is 21.8. The van der Waals surface area contributed by atoms with Crippen molar-refractivity contribution in [3.8, 4) is 0 Å². The molecule has 1 aliphatic rings. The summed E-state index contributed by atoms with van der Waals surface area (Å²) in [5.41, 5.74) is 4.83. The Balaban J connectivity index is 2.41. The molecular formula is C10H17N3O3. The van der Waals surface area contributed by atoms with Crippen LogP contribution in [0.4, 0.5) is 4.79 Å². The molecule has 0 aromatic rings. The van der Waals surface area contributed by atoms with Crippen molar-refractivity contribution >= 4 is 17.7 Å². The van der Waals surface area contributed by atoms with Crippen LogP contribution in [0.3, 0.4) is 0 Å². The van der Waals surface area contributed by atoms with Gasteiger partial charge in [-0.1, -0.05) is 6.92 Å². The van der Waals surface area contributed by atoms with Crippen LogP contribution in [0, 0.1) is 5.92 Å². The first-order chi connectivity index (χ1) is 7.52. The van der Waals surface area contributed by atoms with E-state index in [0.29, 0.717) is 19.5 Å². The maximum atomic E-state index is 11.4. The second kappa shape index (κ2) is 5.60. The van der Waals surface area contributed by atoms with Gasteiger partial charge in [-0.15, -0.1) is 0 Å². The van der Waals surface area contributed by atoms with Gasteiger partial charge in [0, 0.05) is 25.4 Å². The number of nitrogens with one attached hydrogen (secondary N) is 1. The monoisotopic (exact) mass is 227 g/mol. The highest BCUT2D eigenvalue weighted by molar-refractivity contribution is 5.94. The Morgan fingerprint density at radius 2 is 2.25 bits per heavy atom. The van der Waals surface area contributed by atoms with Gasteiger partial charge in [0.05, 0.1) is 6.54 Å². The fourth-order valence-corrected chi connectivity index (χ4v) is 1.86.